The number of piperazine rings is 1. The third-order valence-electron chi connectivity index (χ3n) is 5.09. The first-order chi connectivity index (χ1) is 12.6. The number of hydrogen-bond acceptors (Lipinski definition) is 5. The highest BCUT2D eigenvalue weighted by Gasteiger charge is 2.31. The highest BCUT2D eigenvalue weighted by atomic mass is 32.2. The van der Waals surface area contributed by atoms with Gasteiger partial charge in [0.25, 0.3) is 0 Å². The van der Waals surface area contributed by atoms with E-state index >= 15 is 0 Å². The van der Waals surface area contributed by atoms with Crippen molar-refractivity contribution in [2.75, 3.05) is 31.1 Å². The predicted molar refractivity (Wildman–Crippen MR) is 104 cm³/mol. The number of anilines is 1. The van der Waals surface area contributed by atoms with Crippen LogP contribution in [-0.4, -0.2) is 57.0 Å². The Hall–Kier alpha value is -2.02. The molecular weight excluding hydrogens is 346 g/mol. The van der Waals surface area contributed by atoms with Gasteiger partial charge in [-0.05, 0) is 38.8 Å². The molecule has 1 aromatic heterocycles. The monoisotopic (exact) mass is 371 g/mol. The van der Waals surface area contributed by atoms with Crippen molar-refractivity contribution in [2.45, 2.75) is 43.1 Å². The van der Waals surface area contributed by atoms with Crippen molar-refractivity contribution in [3.63, 3.8) is 0 Å². The zero-order valence-corrected chi connectivity index (χ0v) is 16.2. The number of thioether (sulfide) groups is 1. The third-order valence-corrected chi connectivity index (χ3v) is 6.13. The molecule has 6 nitrogen and oxygen atoms in total. The summed E-state index contributed by atoms with van der Waals surface area (Å²) in [4.78, 5) is 17.2. The largest absolute Gasteiger partial charge is 0.368 e. The molecule has 1 aliphatic heterocycles. The van der Waals surface area contributed by atoms with Crippen LogP contribution in [-0.2, 0) is 4.79 Å². The average molecular weight is 372 g/mol. The minimum absolute atomic E-state index is 0.139. The Morgan fingerprint density at radius 2 is 1.81 bits per heavy atom. The van der Waals surface area contributed by atoms with Crippen LogP contribution in [0.4, 0.5) is 5.69 Å². The molecule has 2 aromatic rings. The number of carbonyl (C=O) groups excluding carboxylic acids is 1. The second kappa shape index (κ2) is 7.31. The molecule has 2 aliphatic rings. The molecule has 7 heteroatoms. The van der Waals surface area contributed by atoms with Gasteiger partial charge in [0.05, 0.1) is 5.25 Å². The Balaban J connectivity index is 1.35. The zero-order valence-electron chi connectivity index (χ0n) is 15.3. The van der Waals surface area contributed by atoms with E-state index in [1.807, 2.05) is 24.8 Å². The van der Waals surface area contributed by atoms with Crippen LogP contribution in [0.25, 0.3) is 0 Å². The third kappa shape index (κ3) is 3.58. The number of rotatable bonds is 5. The van der Waals surface area contributed by atoms with Gasteiger partial charge in [-0.3, -0.25) is 4.79 Å². The first kappa shape index (κ1) is 17.4. The average Bonchev–Trinajstić information content (AvgIpc) is 3.45. The summed E-state index contributed by atoms with van der Waals surface area (Å²) in [6.45, 7) is 7.28. The molecule has 0 spiro atoms. The lowest BCUT2D eigenvalue weighted by molar-refractivity contribution is -0.130. The fourth-order valence-electron chi connectivity index (χ4n) is 3.47. The summed E-state index contributed by atoms with van der Waals surface area (Å²) in [6.07, 6.45) is 2.38. The molecular formula is C19H25N5OS. The van der Waals surface area contributed by atoms with E-state index in [4.69, 9.17) is 0 Å². The maximum Gasteiger partial charge on any atom is 0.236 e. The van der Waals surface area contributed by atoms with Crippen LogP contribution in [0.5, 0.6) is 0 Å². The minimum atomic E-state index is -0.139. The number of aryl methyl sites for hydroxylation is 1. The Morgan fingerprint density at radius 3 is 2.46 bits per heavy atom. The van der Waals surface area contributed by atoms with Crippen LogP contribution < -0.4 is 4.90 Å². The molecule has 2 heterocycles. The Morgan fingerprint density at radius 1 is 1.12 bits per heavy atom. The lowest BCUT2D eigenvalue weighted by Gasteiger charge is -2.37. The molecule has 138 valence electrons. The Labute approximate surface area is 158 Å². The van der Waals surface area contributed by atoms with Crippen LogP contribution >= 0.6 is 11.8 Å². The van der Waals surface area contributed by atoms with Gasteiger partial charge in [0.15, 0.2) is 5.16 Å². The van der Waals surface area contributed by atoms with Gasteiger partial charge in [-0.25, -0.2) is 0 Å². The van der Waals surface area contributed by atoms with Crippen molar-refractivity contribution in [2.24, 2.45) is 0 Å². The second-order valence-electron chi connectivity index (χ2n) is 7.04. The zero-order chi connectivity index (χ0) is 18.1. The molecule has 26 heavy (non-hydrogen) atoms. The van der Waals surface area contributed by atoms with E-state index in [-0.39, 0.29) is 11.2 Å². The normalized spacial score (nSPS) is 18.8. The molecule has 1 aliphatic carbocycles. The van der Waals surface area contributed by atoms with E-state index in [9.17, 15) is 4.79 Å². The fraction of sp³-hybridized carbons (Fsp3) is 0.526. The van der Waals surface area contributed by atoms with E-state index in [1.54, 1.807) is 11.8 Å². The Bertz CT molecular complexity index is 765. The number of para-hydroxylation sites is 1. The molecule has 1 amide bonds. The molecule has 1 saturated carbocycles. The number of amides is 1. The lowest BCUT2D eigenvalue weighted by atomic mass is 10.2. The second-order valence-corrected chi connectivity index (χ2v) is 8.35. The maximum absolute atomic E-state index is 12.9. The van der Waals surface area contributed by atoms with Crippen LogP contribution in [0.15, 0.2) is 35.5 Å². The molecule has 2 fully saturated rings. The predicted octanol–water partition coefficient (Wildman–Crippen LogP) is 2.75. The van der Waals surface area contributed by atoms with Crippen molar-refractivity contribution in [1.29, 1.82) is 0 Å². The summed E-state index contributed by atoms with van der Waals surface area (Å²) in [6, 6.07) is 10.9. The van der Waals surface area contributed by atoms with E-state index in [1.165, 1.54) is 18.5 Å². The fourth-order valence-corrected chi connectivity index (χ4v) is 4.52. The maximum atomic E-state index is 12.9. The van der Waals surface area contributed by atoms with E-state index < -0.39 is 0 Å². The van der Waals surface area contributed by atoms with Gasteiger partial charge in [0, 0.05) is 37.9 Å². The van der Waals surface area contributed by atoms with E-state index in [0.29, 0.717) is 6.04 Å². The summed E-state index contributed by atoms with van der Waals surface area (Å²) in [5, 5.41) is 9.24. The number of aromatic nitrogens is 3. The molecule has 1 aromatic carbocycles. The van der Waals surface area contributed by atoms with Crippen molar-refractivity contribution in [1.82, 2.24) is 19.7 Å². The molecule has 4 rings (SSSR count). The Kier molecular flexibility index (Phi) is 4.89. The van der Waals surface area contributed by atoms with Gasteiger partial charge in [-0.2, -0.15) is 0 Å². The summed E-state index contributed by atoms with van der Waals surface area (Å²) < 4.78 is 2.20. The van der Waals surface area contributed by atoms with Crippen LogP contribution in [0, 0.1) is 6.92 Å². The van der Waals surface area contributed by atoms with Crippen molar-refractivity contribution in [3.8, 4) is 0 Å². The highest BCUT2D eigenvalue weighted by molar-refractivity contribution is 8.00. The lowest BCUT2D eigenvalue weighted by Crippen LogP contribution is -2.50. The van der Waals surface area contributed by atoms with Gasteiger partial charge < -0.3 is 14.4 Å². The van der Waals surface area contributed by atoms with Gasteiger partial charge in [0.2, 0.25) is 5.91 Å². The summed E-state index contributed by atoms with van der Waals surface area (Å²) in [5.41, 5.74) is 1.23. The van der Waals surface area contributed by atoms with Gasteiger partial charge in [-0.1, -0.05) is 30.0 Å². The van der Waals surface area contributed by atoms with Crippen LogP contribution in [0.1, 0.15) is 31.6 Å². The summed E-state index contributed by atoms with van der Waals surface area (Å²) in [7, 11) is 0. The van der Waals surface area contributed by atoms with Crippen LogP contribution in [0.3, 0.4) is 0 Å². The quantitative estimate of drug-likeness (QED) is 0.757. The SMILES string of the molecule is Cc1nnc(S[C@H](C)C(=O)N2CCN(c3ccccc3)CC2)n1C1CC1. The molecule has 1 atom stereocenters. The summed E-state index contributed by atoms with van der Waals surface area (Å²) >= 11 is 1.54. The van der Waals surface area contributed by atoms with Gasteiger partial charge >= 0.3 is 0 Å². The number of nitrogens with zero attached hydrogens (tertiary/aromatic N) is 5. The molecule has 0 unspecified atom stereocenters. The van der Waals surface area contributed by atoms with Gasteiger partial charge in [-0.15, -0.1) is 10.2 Å². The number of hydrogen-bond donors (Lipinski definition) is 0. The number of carbonyl (C=O) groups is 1. The molecule has 0 N–H and O–H groups in total. The minimum Gasteiger partial charge on any atom is -0.368 e. The standard InChI is InChI=1S/C19H25N5OS/c1-14(26-19-21-20-15(2)24(19)17-8-9-17)18(25)23-12-10-22(11-13-23)16-6-4-3-5-7-16/h3-7,14,17H,8-13H2,1-2H3/t14-/m1/s1. The van der Waals surface area contributed by atoms with Crippen molar-refractivity contribution in [3.05, 3.63) is 36.2 Å². The highest BCUT2D eigenvalue weighted by Crippen LogP contribution is 2.39. The van der Waals surface area contributed by atoms with E-state index in [0.717, 1.165) is 37.2 Å². The van der Waals surface area contributed by atoms with Crippen molar-refractivity contribution >= 4 is 23.4 Å². The number of benzene rings is 1. The smallest absolute Gasteiger partial charge is 0.236 e. The first-order valence-electron chi connectivity index (χ1n) is 9.30. The van der Waals surface area contributed by atoms with Gasteiger partial charge in [0.1, 0.15) is 5.82 Å². The van der Waals surface area contributed by atoms with Crippen LogP contribution in [0.2, 0.25) is 0 Å². The molecule has 0 radical (unpaired) electrons. The molecule has 0 bridgehead atoms. The summed E-state index contributed by atoms with van der Waals surface area (Å²) in [5.74, 6) is 1.15. The van der Waals surface area contributed by atoms with E-state index in [2.05, 4.69) is 43.9 Å². The first-order valence-corrected chi connectivity index (χ1v) is 10.2. The van der Waals surface area contributed by atoms with Crippen molar-refractivity contribution < 1.29 is 4.79 Å². The molecule has 1 saturated heterocycles. The topological polar surface area (TPSA) is 54.3 Å².